The number of carbonyl (C=O) groups is 1. The molecule has 0 unspecified atom stereocenters. The minimum atomic E-state index is 0. The number of rotatable bonds is 6. The van der Waals surface area contributed by atoms with Gasteiger partial charge in [-0.05, 0) is 37.2 Å². The number of nitrogens with two attached hydrogens (primary N) is 1. The fourth-order valence-corrected chi connectivity index (χ4v) is 1.80. The average Bonchev–Trinajstić information content (AvgIpc) is 2.29. The monoisotopic (exact) mass is 276 g/mol. The maximum atomic E-state index is 11.3. The van der Waals surface area contributed by atoms with Crippen molar-refractivity contribution >= 4 is 30.1 Å². The Bertz CT molecular complexity index is 333. The molecule has 96 valence electrons. The Morgan fingerprint density at radius 1 is 1.35 bits per heavy atom. The molecule has 0 aromatic heterocycles. The summed E-state index contributed by atoms with van der Waals surface area (Å²) in [4.78, 5) is 12.3. The lowest BCUT2D eigenvalue weighted by molar-refractivity contribution is -0.118. The molecule has 1 aromatic carbocycles. The summed E-state index contributed by atoms with van der Waals surface area (Å²) in [7, 11) is 0. The molecule has 0 atom stereocenters. The maximum absolute atomic E-state index is 11.3. The molecule has 0 saturated heterocycles. The molecule has 1 amide bonds. The molecule has 0 spiro atoms. The highest BCUT2D eigenvalue weighted by Crippen LogP contribution is 2.20. The van der Waals surface area contributed by atoms with E-state index in [0.717, 1.165) is 11.3 Å². The summed E-state index contributed by atoms with van der Waals surface area (Å²) in [5.41, 5.74) is 5.31. The number of thioether (sulfide) groups is 1. The highest BCUT2D eigenvalue weighted by molar-refractivity contribution is 8.00. The number of phenolic OH excluding ortho intramolecular Hbond substituents is 1. The highest BCUT2D eigenvalue weighted by atomic mass is 35.5. The zero-order valence-electron chi connectivity index (χ0n) is 9.39. The van der Waals surface area contributed by atoms with Gasteiger partial charge in [0, 0.05) is 11.4 Å². The second kappa shape index (κ2) is 9.15. The van der Waals surface area contributed by atoms with Crippen LogP contribution in [0.1, 0.15) is 6.42 Å². The van der Waals surface area contributed by atoms with Crippen molar-refractivity contribution < 1.29 is 9.90 Å². The van der Waals surface area contributed by atoms with Crippen molar-refractivity contribution in [1.29, 1.82) is 0 Å². The first-order chi connectivity index (χ1) is 7.72. The summed E-state index contributed by atoms with van der Waals surface area (Å²) in [6, 6.07) is 6.78. The maximum Gasteiger partial charge on any atom is 0.230 e. The molecule has 0 radical (unpaired) electrons. The van der Waals surface area contributed by atoms with Gasteiger partial charge in [-0.15, -0.1) is 24.2 Å². The van der Waals surface area contributed by atoms with Crippen molar-refractivity contribution in [1.82, 2.24) is 5.32 Å². The Morgan fingerprint density at radius 2 is 2.00 bits per heavy atom. The highest BCUT2D eigenvalue weighted by Gasteiger charge is 2.01. The fourth-order valence-electron chi connectivity index (χ4n) is 1.07. The molecular weight excluding hydrogens is 260 g/mol. The van der Waals surface area contributed by atoms with Crippen LogP contribution in [0.2, 0.25) is 0 Å². The van der Waals surface area contributed by atoms with Crippen LogP contribution in [-0.4, -0.2) is 29.9 Å². The first kappa shape index (κ1) is 16.1. The van der Waals surface area contributed by atoms with Crippen LogP contribution < -0.4 is 11.1 Å². The molecule has 0 aliphatic heterocycles. The first-order valence-electron chi connectivity index (χ1n) is 5.11. The molecule has 0 saturated carbocycles. The van der Waals surface area contributed by atoms with E-state index in [1.165, 1.54) is 11.8 Å². The third-order valence-corrected chi connectivity index (χ3v) is 2.92. The van der Waals surface area contributed by atoms with E-state index in [4.69, 9.17) is 10.8 Å². The summed E-state index contributed by atoms with van der Waals surface area (Å²) in [6.45, 7) is 1.22. The number of amides is 1. The largest absolute Gasteiger partial charge is 0.508 e. The average molecular weight is 277 g/mol. The molecule has 6 heteroatoms. The Labute approximate surface area is 111 Å². The second-order valence-electron chi connectivity index (χ2n) is 3.27. The van der Waals surface area contributed by atoms with E-state index in [2.05, 4.69) is 5.32 Å². The summed E-state index contributed by atoms with van der Waals surface area (Å²) in [5.74, 6) is 0.623. The van der Waals surface area contributed by atoms with E-state index < -0.39 is 0 Å². The summed E-state index contributed by atoms with van der Waals surface area (Å²) in [5, 5.41) is 11.9. The van der Waals surface area contributed by atoms with Gasteiger partial charge >= 0.3 is 0 Å². The molecule has 0 aliphatic carbocycles. The molecule has 17 heavy (non-hydrogen) atoms. The van der Waals surface area contributed by atoms with E-state index in [-0.39, 0.29) is 24.1 Å². The molecular formula is C11H17ClN2O2S. The van der Waals surface area contributed by atoms with Gasteiger partial charge in [0.2, 0.25) is 5.91 Å². The van der Waals surface area contributed by atoms with Crippen molar-refractivity contribution in [3.05, 3.63) is 24.3 Å². The minimum Gasteiger partial charge on any atom is -0.508 e. The van der Waals surface area contributed by atoms with E-state index in [1.807, 2.05) is 0 Å². The molecule has 1 rings (SSSR count). The van der Waals surface area contributed by atoms with Crippen LogP contribution in [0.4, 0.5) is 0 Å². The standard InChI is InChI=1S/C11H16N2O2S.ClH/c12-6-1-7-13-11(15)8-16-10-4-2-9(14)3-5-10;/h2-5,14H,1,6-8,12H2,(H,13,15);1H. The van der Waals surface area contributed by atoms with E-state index in [0.29, 0.717) is 18.8 Å². The minimum absolute atomic E-state index is 0. The number of aromatic hydroxyl groups is 1. The summed E-state index contributed by atoms with van der Waals surface area (Å²) >= 11 is 1.44. The van der Waals surface area contributed by atoms with Crippen molar-refractivity contribution in [2.45, 2.75) is 11.3 Å². The van der Waals surface area contributed by atoms with Crippen LogP contribution in [0.15, 0.2) is 29.2 Å². The topological polar surface area (TPSA) is 75.3 Å². The molecule has 0 heterocycles. The molecule has 4 N–H and O–H groups in total. The second-order valence-corrected chi connectivity index (χ2v) is 4.32. The number of phenols is 1. The van der Waals surface area contributed by atoms with Crippen LogP contribution >= 0.6 is 24.2 Å². The number of nitrogens with one attached hydrogen (secondary N) is 1. The number of carbonyl (C=O) groups excluding carboxylic acids is 1. The first-order valence-corrected chi connectivity index (χ1v) is 6.09. The van der Waals surface area contributed by atoms with E-state index >= 15 is 0 Å². The quantitative estimate of drug-likeness (QED) is 0.542. The van der Waals surface area contributed by atoms with Gasteiger partial charge in [0.15, 0.2) is 0 Å². The number of halogens is 1. The third kappa shape index (κ3) is 7.10. The van der Waals surface area contributed by atoms with Gasteiger partial charge in [0.1, 0.15) is 5.75 Å². The normalized spacial score (nSPS) is 9.47. The van der Waals surface area contributed by atoms with Crippen molar-refractivity contribution in [3.63, 3.8) is 0 Å². The van der Waals surface area contributed by atoms with Gasteiger partial charge in [-0.25, -0.2) is 0 Å². The lowest BCUT2D eigenvalue weighted by atomic mass is 10.3. The summed E-state index contributed by atoms with van der Waals surface area (Å²) < 4.78 is 0. The Kier molecular flexibility index (Phi) is 8.66. The Hall–Kier alpha value is -0.910. The van der Waals surface area contributed by atoms with Crippen LogP contribution in [-0.2, 0) is 4.79 Å². The van der Waals surface area contributed by atoms with Crippen LogP contribution in [0, 0.1) is 0 Å². The van der Waals surface area contributed by atoms with Gasteiger partial charge in [0.25, 0.3) is 0 Å². The van der Waals surface area contributed by atoms with Crippen LogP contribution in [0.5, 0.6) is 5.75 Å². The molecule has 4 nitrogen and oxygen atoms in total. The van der Waals surface area contributed by atoms with Crippen molar-refractivity contribution in [3.8, 4) is 5.75 Å². The molecule has 0 fully saturated rings. The zero-order chi connectivity index (χ0) is 11.8. The Morgan fingerprint density at radius 3 is 2.59 bits per heavy atom. The predicted octanol–water partition coefficient (Wildman–Crippen LogP) is 1.37. The third-order valence-electron chi connectivity index (χ3n) is 1.91. The zero-order valence-corrected chi connectivity index (χ0v) is 11.0. The van der Waals surface area contributed by atoms with Gasteiger partial charge < -0.3 is 16.2 Å². The smallest absolute Gasteiger partial charge is 0.230 e. The molecule has 0 bridgehead atoms. The van der Waals surface area contributed by atoms with Gasteiger partial charge in [0.05, 0.1) is 5.75 Å². The fraction of sp³-hybridized carbons (Fsp3) is 0.364. The van der Waals surface area contributed by atoms with Crippen LogP contribution in [0.25, 0.3) is 0 Å². The van der Waals surface area contributed by atoms with Crippen molar-refractivity contribution in [2.24, 2.45) is 5.73 Å². The van der Waals surface area contributed by atoms with Crippen LogP contribution in [0.3, 0.4) is 0 Å². The lowest BCUT2D eigenvalue weighted by Crippen LogP contribution is -2.27. The SMILES string of the molecule is Cl.NCCCNC(=O)CSc1ccc(O)cc1. The summed E-state index contributed by atoms with van der Waals surface area (Å²) in [6.07, 6.45) is 0.801. The van der Waals surface area contributed by atoms with Gasteiger partial charge in [-0.2, -0.15) is 0 Å². The predicted molar refractivity (Wildman–Crippen MR) is 72.8 cm³/mol. The van der Waals surface area contributed by atoms with E-state index in [1.54, 1.807) is 24.3 Å². The number of benzene rings is 1. The Balaban J connectivity index is 0.00000256. The number of hydrogen-bond donors (Lipinski definition) is 3. The number of hydrogen-bond acceptors (Lipinski definition) is 4. The molecule has 0 aliphatic rings. The molecule has 1 aromatic rings. The van der Waals surface area contributed by atoms with Crippen molar-refractivity contribution in [2.75, 3.05) is 18.8 Å². The lowest BCUT2D eigenvalue weighted by Gasteiger charge is -2.04. The van der Waals surface area contributed by atoms with Gasteiger partial charge in [-0.3, -0.25) is 4.79 Å². The van der Waals surface area contributed by atoms with Gasteiger partial charge in [-0.1, -0.05) is 0 Å². The van der Waals surface area contributed by atoms with E-state index in [9.17, 15) is 4.79 Å².